The Kier molecular flexibility index (Phi) is 6.53. The molecule has 0 saturated heterocycles. The Morgan fingerprint density at radius 1 is 0.377 bits per heavy atom. The van der Waals surface area contributed by atoms with E-state index < -0.39 is 0 Å². The van der Waals surface area contributed by atoms with E-state index in [0.29, 0.717) is 0 Å². The summed E-state index contributed by atoms with van der Waals surface area (Å²) in [5.74, 6) is 0. The number of hydrogen-bond donors (Lipinski definition) is 0. The SMILES string of the molecule is CC1(C)c2ccccc2-c2cc3c4ccccc4n(-c4cccc5c4sc4c(-c6cccc(-c7ccc(-c8ccccc8)cc7)c6)cccc45)c3cc21. The van der Waals surface area contributed by atoms with Crippen LogP contribution in [0.3, 0.4) is 0 Å². The predicted octanol–water partition coefficient (Wildman–Crippen LogP) is 14.5. The summed E-state index contributed by atoms with van der Waals surface area (Å²) in [6, 6.07) is 65.1. The number of benzene rings is 8. The van der Waals surface area contributed by atoms with Gasteiger partial charge in [-0.15, -0.1) is 11.3 Å². The highest BCUT2D eigenvalue weighted by molar-refractivity contribution is 7.26. The van der Waals surface area contributed by atoms with E-state index in [1.807, 2.05) is 11.3 Å². The van der Waals surface area contributed by atoms with Crippen molar-refractivity contribution in [3.8, 4) is 50.2 Å². The van der Waals surface area contributed by atoms with Crippen molar-refractivity contribution in [1.82, 2.24) is 4.57 Å². The first-order chi connectivity index (χ1) is 26.0. The molecule has 0 saturated carbocycles. The van der Waals surface area contributed by atoms with Gasteiger partial charge in [-0.3, -0.25) is 0 Å². The van der Waals surface area contributed by atoms with E-state index in [1.165, 1.54) is 103 Å². The van der Waals surface area contributed by atoms with Crippen molar-refractivity contribution in [3.05, 3.63) is 187 Å². The first-order valence-electron chi connectivity index (χ1n) is 18.4. The van der Waals surface area contributed by atoms with Crippen LogP contribution in [0.2, 0.25) is 0 Å². The van der Waals surface area contributed by atoms with Crippen LogP contribution in [0.15, 0.2) is 176 Å². The number of aromatic nitrogens is 1. The van der Waals surface area contributed by atoms with E-state index in [2.05, 4.69) is 194 Å². The normalized spacial score (nSPS) is 13.2. The van der Waals surface area contributed by atoms with E-state index in [4.69, 9.17) is 0 Å². The molecule has 10 aromatic rings. The highest BCUT2D eigenvalue weighted by Gasteiger charge is 2.36. The molecule has 0 bridgehead atoms. The van der Waals surface area contributed by atoms with Crippen molar-refractivity contribution >= 4 is 53.3 Å². The zero-order valence-electron chi connectivity index (χ0n) is 29.6. The highest BCUT2D eigenvalue weighted by Crippen LogP contribution is 2.51. The number of fused-ring (bicyclic) bond motifs is 9. The van der Waals surface area contributed by atoms with Crippen LogP contribution in [0.5, 0.6) is 0 Å². The molecule has 0 spiro atoms. The van der Waals surface area contributed by atoms with Crippen LogP contribution in [0, 0.1) is 0 Å². The van der Waals surface area contributed by atoms with Gasteiger partial charge in [-0.2, -0.15) is 0 Å². The zero-order chi connectivity index (χ0) is 35.3. The molecule has 0 aliphatic heterocycles. The van der Waals surface area contributed by atoms with Crippen molar-refractivity contribution in [3.63, 3.8) is 0 Å². The van der Waals surface area contributed by atoms with E-state index in [9.17, 15) is 0 Å². The molecule has 250 valence electrons. The van der Waals surface area contributed by atoms with E-state index >= 15 is 0 Å². The molecule has 53 heavy (non-hydrogen) atoms. The van der Waals surface area contributed by atoms with Crippen molar-refractivity contribution in [2.75, 3.05) is 0 Å². The first-order valence-corrected chi connectivity index (χ1v) is 19.2. The second kappa shape index (κ2) is 11.4. The second-order valence-electron chi connectivity index (χ2n) is 14.9. The molecule has 0 atom stereocenters. The first kappa shape index (κ1) is 30.4. The van der Waals surface area contributed by atoms with Gasteiger partial charge in [0.1, 0.15) is 0 Å². The summed E-state index contributed by atoms with van der Waals surface area (Å²) in [4.78, 5) is 0. The third kappa shape index (κ3) is 4.49. The van der Waals surface area contributed by atoms with Gasteiger partial charge < -0.3 is 4.57 Å². The predicted molar refractivity (Wildman–Crippen MR) is 228 cm³/mol. The van der Waals surface area contributed by atoms with Gasteiger partial charge in [0.15, 0.2) is 0 Å². The fourth-order valence-corrected chi connectivity index (χ4v) is 10.3. The maximum atomic E-state index is 2.53. The van der Waals surface area contributed by atoms with E-state index in [0.717, 1.165) is 0 Å². The maximum absolute atomic E-state index is 2.53. The summed E-state index contributed by atoms with van der Waals surface area (Å²) < 4.78 is 5.17. The lowest BCUT2D eigenvalue weighted by Gasteiger charge is -2.21. The lowest BCUT2D eigenvalue weighted by atomic mass is 9.82. The molecule has 1 aliphatic carbocycles. The van der Waals surface area contributed by atoms with Gasteiger partial charge in [0.2, 0.25) is 0 Å². The standard InChI is InChI=1S/C51H35NS/c1-51(2)44-22-8-6-17-38(44)42-30-43-39-18-7-9-23-46(39)52(48(43)31-45(42)51)47-24-12-21-41-40-20-11-19-37(49(40)53-50(41)47)36-16-10-15-35(29-36)34-27-25-33(26-28-34)32-13-4-3-5-14-32/h3-31H,1-2H3. The molecule has 2 heteroatoms. The van der Waals surface area contributed by atoms with Crippen molar-refractivity contribution in [2.24, 2.45) is 0 Å². The average molecular weight is 694 g/mol. The quantitative estimate of drug-likeness (QED) is 0.173. The number of hydrogen-bond acceptors (Lipinski definition) is 1. The Hall–Kier alpha value is -6.22. The van der Waals surface area contributed by atoms with Crippen molar-refractivity contribution in [1.29, 1.82) is 0 Å². The number of thiophene rings is 1. The maximum Gasteiger partial charge on any atom is 0.0640 e. The summed E-state index contributed by atoms with van der Waals surface area (Å²) in [5, 5.41) is 5.20. The summed E-state index contributed by atoms with van der Waals surface area (Å²) in [6.45, 7) is 4.75. The van der Waals surface area contributed by atoms with Gasteiger partial charge in [0.05, 0.1) is 21.4 Å². The molecular formula is C51H35NS. The second-order valence-corrected chi connectivity index (χ2v) is 15.9. The largest absolute Gasteiger partial charge is 0.308 e. The fourth-order valence-electron chi connectivity index (χ4n) is 8.98. The van der Waals surface area contributed by atoms with Crippen LogP contribution < -0.4 is 0 Å². The molecule has 2 heterocycles. The van der Waals surface area contributed by atoms with Gasteiger partial charge in [-0.25, -0.2) is 0 Å². The van der Waals surface area contributed by atoms with Crippen molar-refractivity contribution < 1.29 is 0 Å². The van der Waals surface area contributed by atoms with Crippen LogP contribution in [-0.4, -0.2) is 4.57 Å². The average Bonchev–Trinajstić information content (AvgIpc) is 3.83. The Labute approximate surface area is 313 Å². The minimum absolute atomic E-state index is 0.0710. The molecule has 1 aliphatic rings. The molecule has 8 aromatic carbocycles. The number of para-hydroxylation sites is 1. The summed E-state index contributed by atoms with van der Waals surface area (Å²) in [5.41, 5.74) is 16.6. The molecule has 0 radical (unpaired) electrons. The fraction of sp³-hybridized carbons (Fsp3) is 0.0588. The van der Waals surface area contributed by atoms with Crippen LogP contribution in [0.1, 0.15) is 25.0 Å². The van der Waals surface area contributed by atoms with Gasteiger partial charge >= 0.3 is 0 Å². The smallest absolute Gasteiger partial charge is 0.0640 e. The molecular weight excluding hydrogens is 659 g/mol. The third-order valence-electron chi connectivity index (χ3n) is 11.6. The number of rotatable bonds is 4. The van der Waals surface area contributed by atoms with Gasteiger partial charge in [0.25, 0.3) is 0 Å². The molecule has 0 fully saturated rings. The molecule has 11 rings (SSSR count). The lowest BCUT2D eigenvalue weighted by molar-refractivity contribution is 0.661. The van der Waals surface area contributed by atoms with Gasteiger partial charge in [-0.1, -0.05) is 159 Å². The Morgan fingerprint density at radius 3 is 1.83 bits per heavy atom. The summed E-state index contributed by atoms with van der Waals surface area (Å²) in [6.07, 6.45) is 0. The van der Waals surface area contributed by atoms with Gasteiger partial charge in [-0.05, 0) is 86.0 Å². The van der Waals surface area contributed by atoms with Crippen LogP contribution in [0.25, 0.3) is 92.2 Å². The number of nitrogens with zero attached hydrogens (tertiary/aromatic N) is 1. The van der Waals surface area contributed by atoms with E-state index in [1.54, 1.807) is 0 Å². The Bertz CT molecular complexity index is 3070. The molecule has 1 nitrogen and oxygen atoms in total. The minimum atomic E-state index is -0.0710. The Morgan fingerprint density at radius 2 is 0.981 bits per heavy atom. The summed E-state index contributed by atoms with van der Waals surface area (Å²) >= 11 is 1.92. The van der Waals surface area contributed by atoms with Crippen LogP contribution in [-0.2, 0) is 5.41 Å². The van der Waals surface area contributed by atoms with E-state index in [-0.39, 0.29) is 5.41 Å². The molecule has 0 unspecified atom stereocenters. The zero-order valence-corrected chi connectivity index (χ0v) is 30.4. The topological polar surface area (TPSA) is 4.93 Å². The highest BCUT2D eigenvalue weighted by atomic mass is 32.1. The molecule has 0 amide bonds. The van der Waals surface area contributed by atoms with Crippen molar-refractivity contribution in [2.45, 2.75) is 19.3 Å². The monoisotopic (exact) mass is 693 g/mol. The Balaban J connectivity index is 1.08. The summed E-state index contributed by atoms with van der Waals surface area (Å²) in [7, 11) is 0. The third-order valence-corrected chi connectivity index (χ3v) is 12.9. The van der Waals surface area contributed by atoms with Crippen LogP contribution in [0.4, 0.5) is 0 Å². The molecule has 2 aromatic heterocycles. The lowest BCUT2D eigenvalue weighted by Crippen LogP contribution is -2.14. The van der Waals surface area contributed by atoms with Gasteiger partial charge in [0, 0.05) is 31.7 Å². The minimum Gasteiger partial charge on any atom is -0.308 e. The molecule has 0 N–H and O–H groups in total. The van der Waals surface area contributed by atoms with Crippen LogP contribution >= 0.6 is 11.3 Å².